The van der Waals surface area contributed by atoms with Crippen LogP contribution in [-0.2, 0) is 28.6 Å². The number of amides is 1. The number of esters is 2. The fourth-order valence-corrected chi connectivity index (χ4v) is 4.28. The summed E-state index contributed by atoms with van der Waals surface area (Å²) in [5, 5.41) is 0. The number of hydrogen-bond donors (Lipinski definition) is 0. The van der Waals surface area contributed by atoms with Crippen LogP contribution in [0.5, 0.6) is 0 Å². The van der Waals surface area contributed by atoms with Crippen molar-refractivity contribution in [2.24, 2.45) is 0 Å². The molecule has 1 aromatic carbocycles. The Labute approximate surface area is 187 Å². The third-order valence-electron chi connectivity index (χ3n) is 5.19. The minimum absolute atomic E-state index is 0.0110. The quantitative estimate of drug-likeness (QED) is 0.577. The largest absolute Gasteiger partial charge is 0.466 e. The molecule has 0 unspecified atom stereocenters. The fourth-order valence-electron chi connectivity index (χ4n) is 3.60. The zero-order valence-electron chi connectivity index (χ0n) is 17.4. The van der Waals surface area contributed by atoms with Crippen molar-refractivity contribution in [3.8, 4) is 0 Å². The lowest BCUT2D eigenvalue weighted by Gasteiger charge is -2.37. The van der Waals surface area contributed by atoms with Crippen LogP contribution in [0.4, 0.5) is 15.8 Å². The molecule has 2 aliphatic heterocycles. The molecular weight excluding hydrogens is 477 g/mol. The summed E-state index contributed by atoms with van der Waals surface area (Å²) in [4.78, 5) is 41.0. The molecule has 31 heavy (non-hydrogen) atoms. The van der Waals surface area contributed by atoms with E-state index in [1.807, 2.05) is 4.90 Å². The third kappa shape index (κ3) is 4.67. The van der Waals surface area contributed by atoms with Crippen molar-refractivity contribution in [3.63, 3.8) is 0 Å². The Balaban J connectivity index is 1.95. The summed E-state index contributed by atoms with van der Waals surface area (Å²) in [6, 6.07) is 2.91. The molecule has 0 spiro atoms. The summed E-state index contributed by atoms with van der Waals surface area (Å²) in [5.41, 5.74) is 0.593. The van der Waals surface area contributed by atoms with Crippen LogP contribution in [0.3, 0.4) is 0 Å². The van der Waals surface area contributed by atoms with E-state index in [1.165, 1.54) is 32.1 Å². The van der Waals surface area contributed by atoms with E-state index in [0.29, 0.717) is 42.0 Å². The maximum atomic E-state index is 15.2. The first-order valence-corrected chi connectivity index (χ1v) is 10.3. The van der Waals surface area contributed by atoms with Gasteiger partial charge in [-0.05, 0) is 28.1 Å². The molecule has 2 aliphatic rings. The molecule has 3 rings (SSSR count). The monoisotopic (exact) mass is 499 g/mol. The van der Waals surface area contributed by atoms with Gasteiger partial charge in [-0.2, -0.15) is 0 Å². The standard InChI is InChI=1S/C20H23BrFN3O6/c1-12(26)23-4-6-24(7-5-23)18-15(21)8-13(9-16(18)22)25-11-31-10-14(19(27)29-2)17(25)20(28)30-3/h8-9H,4-7,10-11H2,1-3H3. The van der Waals surface area contributed by atoms with Crippen LogP contribution in [-0.4, -0.2) is 76.5 Å². The van der Waals surface area contributed by atoms with Crippen LogP contribution in [0, 0.1) is 5.82 Å². The molecular formula is C20H23BrFN3O6. The van der Waals surface area contributed by atoms with Gasteiger partial charge in [0.15, 0.2) is 0 Å². The van der Waals surface area contributed by atoms with Crippen molar-refractivity contribution in [3.05, 3.63) is 33.7 Å². The summed E-state index contributed by atoms with van der Waals surface area (Å²) < 4.78 is 30.7. The molecule has 1 saturated heterocycles. The van der Waals surface area contributed by atoms with Crippen LogP contribution >= 0.6 is 15.9 Å². The molecule has 1 amide bonds. The second-order valence-corrected chi connectivity index (χ2v) is 7.82. The van der Waals surface area contributed by atoms with Gasteiger partial charge >= 0.3 is 11.9 Å². The lowest BCUT2D eigenvalue weighted by molar-refractivity contribution is -0.140. The Morgan fingerprint density at radius 1 is 1.06 bits per heavy atom. The molecule has 0 atom stereocenters. The molecule has 0 aliphatic carbocycles. The number of carbonyl (C=O) groups is 3. The highest BCUT2D eigenvalue weighted by molar-refractivity contribution is 9.10. The number of halogens is 2. The Hall–Kier alpha value is -2.66. The molecule has 0 aromatic heterocycles. The molecule has 0 N–H and O–H groups in total. The first-order valence-electron chi connectivity index (χ1n) is 9.53. The molecule has 0 bridgehead atoms. The van der Waals surface area contributed by atoms with E-state index < -0.39 is 17.8 Å². The maximum Gasteiger partial charge on any atom is 0.355 e. The van der Waals surface area contributed by atoms with Gasteiger partial charge in [0.05, 0.1) is 32.1 Å². The van der Waals surface area contributed by atoms with E-state index in [9.17, 15) is 14.4 Å². The van der Waals surface area contributed by atoms with Gasteiger partial charge in [-0.15, -0.1) is 0 Å². The number of anilines is 2. The lowest BCUT2D eigenvalue weighted by atomic mass is 10.1. The van der Waals surface area contributed by atoms with Gasteiger partial charge in [0, 0.05) is 43.3 Å². The zero-order chi connectivity index (χ0) is 22.7. The molecule has 2 heterocycles. The van der Waals surface area contributed by atoms with E-state index in [4.69, 9.17) is 14.2 Å². The Bertz CT molecular complexity index is 906. The molecule has 1 aromatic rings. The second-order valence-electron chi connectivity index (χ2n) is 6.97. The van der Waals surface area contributed by atoms with Crippen molar-refractivity contribution in [1.29, 1.82) is 0 Å². The van der Waals surface area contributed by atoms with Crippen LogP contribution in [0.15, 0.2) is 27.9 Å². The summed E-state index contributed by atoms with van der Waals surface area (Å²) in [7, 11) is 2.39. The minimum Gasteiger partial charge on any atom is -0.466 e. The molecule has 168 valence electrons. The highest BCUT2D eigenvalue weighted by atomic mass is 79.9. The normalized spacial score (nSPS) is 17.0. The fraction of sp³-hybridized carbons (Fsp3) is 0.450. The number of nitrogens with zero attached hydrogens (tertiary/aromatic N) is 3. The van der Waals surface area contributed by atoms with Crippen molar-refractivity contribution in [2.45, 2.75) is 6.92 Å². The number of ether oxygens (including phenoxy) is 3. The van der Waals surface area contributed by atoms with Gasteiger partial charge in [0.25, 0.3) is 0 Å². The number of benzene rings is 1. The number of piperazine rings is 1. The first-order chi connectivity index (χ1) is 14.8. The zero-order valence-corrected chi connectivity index (χ0v) is 19.0. The number of rotatable bonds is 4. The first kappa shape index (κ1) is 23.0. The van der Waals surface area contributed by atoms with E-state index >= 15 is 4.39 Å². The Kier molecular flexibility index (Phi) is 7.16. The predicted octanol–water partition coefficient (Wildman–Crippen LogP) is 1.65. The average Bonchev–Trinajstić information content (AvgIpc) is 2.77. The van der Waals surface area contributed by atoms with Crippen LogP contribution in [0.2, 0.25) is 0 Å². The number of carbonyl (C=O) groups excluding carboxylic acids is 3. The summed E-state index contributed by atoms with van der Waals surface area (Å²) >= 11 is 3.42. The molecule has 1 fully saturated rings. The number of methoxy groups -OCH3 is 2. The minimum atomic E-state index is -0.760. The summed E-state index contributed by atoms with van der Waals surface area (Å²) in [6.45, 7) is 3.28. The van der Waals surface area contributed by atoms with Crippen molar-refractivity contribution >= 4 is 45.2 Å². The van der Waals surface area contributed by atoms with Crippen LogP contribution in [0.25, 0.3) is 0 Å². The van der Waals surface area contributed by atoms with Gasteiger partial charge < -0.3 is 28.9 Å². The maximum absolute atomic E-state index is 15.2. The predicted molar refractivity (Wildman–Crippen MR) is 113 cm³/mol. The van der Waals surface area contributed by atoms with Gasteiger partial charge in [-0.1, -0.05) is 0 Å². The van der Waals surface area contributed by atoms with Crippen LogP contribution < -0.4 is 9.80 Å². The van der Waals surface area contributed by atoms with Gasteiger partial charge in [-0.25, -0.2) is 14.0 Å². The highest BCUT2D eigenvalue weighted by Crippen LogP contribution is 2.37. The van der Waals surface area contributed by atoms with Crippen molar-refractivity contribution < 1.29 is 33.0 Å². The molecule has 11 heteroatoms. The van der Waals surface area contributed by atoms with Gasteiger partial charge in [-0.3, -0.25) is 4.79 Å². The Morgan fingerprint density at radius 2 is 1.71 bits per heavy atom. The smallest absolute Gasteiger partial charge is 0.355 e. The van der Waals surface area contributed by atoms with E-state index in [2.05, 4.69) is 15.9 Å². The van der Waals surface area contributed by atoms with E-state index in [0.717, 1.165) is 0 Å². The van der Waals surface area contributed by atoms with Crippen molar-refractivity contribution in [1.82, 2.24) is 4.90 Å². The average molecular weight is 500 g/mol. The molecule has 0 radical (unpaired) electrons. The van der Waals surface area contributed by atoms with E-state index in [-0.39, 0.29) is 30.5 Å². The van der Waals surface area contributed by atoms with Crippen LogP contribution in [0.1, 0.15) is 6.92 Å². The van der Waals surface area contributed by atoms with Gasteiger partial charge in [0.1, 0.15) is 18.2 Å². The van der Waals surface area contributed by atoms with Crippen molar-refractivity contribution in [2.75, 3.05) is 63.5 Å². The number of hydrogen-bond acceptors (Lipinski definition) is 8. The molecule has 0 saturated carbocycles. The summed E-state index contributed by atoms with van der Waals surface area (Å²) in [6.07, 6.45) is 0. The third-order valence-corrected chi connectivity index (χ3v) is 5.79. The molecule has 9 nitrogen and oxygen atoms in total. The van der Waals surface area contributed by atoms with Gasteiger partial charge in [0.2, 0.25) is 5.91 Å². The topological polar surface area (TPSA) is 88.6 Å². The Morgan fingerprint density at radius 3 is 2.26 bits per heavy atom. The van der Waals surface area contributed by atoms with E-state index in [1.54, 1.807) is 11.0 Å². The lowest BCUT2D eigenvalue weighted by Crippen LogP contribution is -2.48. The SMILES string of the molecule is COC(=O)C1=C(C(=O)OC)N(c2cc(F)c(N3CCN(C(C)=O)CC3)c(Br)c2)COC1. The highest BCUT2D eigenvalue weighted by Gasteiger charge is 2.33. The summed E-state index contributed by atoms with van der Waals surface area (Å²) in [5.74, 6) is -2.02. The second kappa shape index (κ2) is 9.65.